The Hall–Kier alpha value is -0.180. The average Bonchev–Trinajstić information content (AvgIpc) is 2.64. The van der Waals surface area contributed by atoms with E-state index in [-0.39, 0.29) is 17.9 Å². The normalized spacial score (nSPS) is 44.8. The quantitative estimate of drug-likeness (QED) is 0.494. The first-order valence-electron chi connectivity index (χ1n) is 11.5. The van der Waals surface area contributed by atoms with E-state index < -0.39 is 12.3 Å². The van der Waals surface area contributed by atoms with Crippen molar-refractivity contribution in [2.45, 2.75) is 109 Å². The molecule has 0 amide bonds. The first kappa shape index (κ1) is 20.6. The van der Waals surface area contributed by atoms with Gasteiger partial charge < -0.3 is 4.74 Å². The Kier molecular flexibility index (Phi) is 7.78. The Morgan fingerprint density at radius 2 is 1.38 bits per heavy atom. The average molecular weight is 371 g/mol. The van der Waals surface area contributed by atoms with Crippen LogP contribution in [0.1, 0.15) is 90.9 Å². The summed E-state index contributed by atoms with van der Waals surface area (Å²) in [4.78, 5) is 0. The van der Waals surface area contributed by atoms with Gasteiger partial charge in [-0.3, -0.25) is 0 Å². The predicted molar refractivity (Wildman–Crippen MR) is 104 cm³/mol. The highest BCUT2D eigenvalue weighted by Gasteiger charge is 2.42. The zero-order valence-corrected chi connectivity index (χ0v) is 17.0. The lowest BCUT2D eigenvalue weighted by atomic mass is 9.64. The van der Waals surface area contributed by atoms with E-state index in [0.717, 1.165) is 37.5 Å². The summed E-state index contributed by atoms with van der Waals surface area (Å²) in [6.07, 6.45) is 11.3. The van der Waals surface area contributed by atoms with Crippen LogP contribution in [0.15, 0.2) is 0 Å². The lowest BCUT2D eigenvalue weighted by Crippen LogP contribution is -2.41. The molecule has 0 radical (unpaired) electrons. The van der Waals surface area contributed by atoms with Crippen molar-refractivity contribution in [2.24, 2.45) is 29.6 Å². The van der Waals surface area contributed by atoms with Crippen LogP contribution in [-0.2, 0) is 4.74 Å². The molecule has 0 aliphatic heterocycles. The van der Waals surface area contributed by atoms with Gasteiger partial charge in [-0.15, -0.1) is 0 Å². The summed E-state index contributed by atoms with van der Waals surface area (Å²) in [5, 5.41) is 0. The summed E-state index contributed by atoms with van der Waals surface area (Å²) in [6, 6.07) is 0. The Labute approximate surface area is 159 Å². The van der Waals surface area contributed by atoms with E-state index in [1.807, 2.05) is 6.92 Å². The second-order valence-electron chi connectivity index (χ2n) is 9.41. The third kappa shape index (κ3) is 5.00. The van der Waals surface area contributed by atoms with Gasteiger partial charge in [0.25, 0.3) is 0 Å². The van der Waals surface area contributed by atoms with E-state index in [4.69, 9.17) is 4.74 Å². The van der Waals surface area contributed by atoms with Gasteiger partial charge in [0.15, 0.2) is 0 Å². The maximum atomic E-state index is 15.1. The van der Waals surface area contributed by atoms with Gasteiger partial charge >= 0.3 is 0 Å². The fourth-order valence-electron chi connectivity index (χ4n) is 6.39. The monoisotopic (exact) mass is 370 g/mol. The summed E-state index contributed by atoms with van der Waals surface area (Å²) in [5.41, 5.74) is 0. The van der Waals surface area contributed by atoms with Crippen molar-refractivity contribution >= 4 is 0 Å². The predicted octanol–water partition coefficient (Wildman–Crippen LogP) is 6.89. The second kappa shape index (κ2) is 9.85. The van der Waals surface area contributed by atoms with E-state index in [1.165, 1.54) is 44.9 Å². The van der Waals surface area contributed by atoms with Crippen LogP contribution >= 0.6 is 0 Å². The number of hydrogen-bond donors (Lipinski definition) is 0. The van der Waals surface area contributed by atoms with Crippen LogP contribution in [0, 0.1) is 29.6 Å². The van der Waals surface area contributed by atoms with Gasteiger partial charge in [-0.1, -0.05) is 32.6 Å². The van der Waals surface area contributed by atoms with Gasteiger partial charge in [0.05, 0.1) is 6.10 Å². The van der Waals surface area contributed by atoms with Crippen molar-refractivity contribution in [1.29, 1.82) is 0 Å². The summed E-state index contributed by atoms with van der Waals surface area (Å²) in [5.74, 6) is 2.60. The van der Waals surface area contributed by atoms with Crippen LogP contribution in [0.5, 0.6) is 0 Å². The molecular weight excluding hydrogens is 330 g/mol. The minimum Gasteiger partial charge on any atom is -0.375 e. The molecule has 6 unspecified atom stereocenters. The number of rotatable bonds is 6. The highest BCUT2D eigenvalue weighted by molar-refractivity contribution is 4.92. The molecule has 3 aliphatic carbocycles. The Morgan fingerprint density at radius 3 is 2.00 bits per heavy atom. The van der Waals surface area contributed by atoms with E-state index in [2.05, 4.69) is 6.92 Å². The molecule has 152 valence electrons. The Morgan fingerprint density at radius 1 is 0.731 bits per heavy atom. The van der Waals surface area contributed by atoms with Crippen LogP contribution in [0.25, 0.3) is 0 Å². The first-order valence-corrected chi connectivity index (χ1v) is 11.5. The molecule has 3 rings (SSSR count). The summed E-state index contributed by atoms with van der Waals surface area (Å²) in [6.45, 7) is 4.78. The zero-order valence-electron chi connectivity index (χ0n) is 17.0. The topological polar surface area (TPSA) is 9.23 Å². The first-order chi connectivity index (χ1) is 12.6. The smallest absolute Gasteiger partial charge is 0.126 e. The lowest BCUT2D eigenvalue weighted by molar-refractivity contribution is -0.0521. The van der Waals surface area contributed by atoms with Gasteiger partial charge in [-0.2, -0.15) is 0 Å². The molecule has 3 fully saturated rings. The molecule has 0 aromatic carbocycles. The van der Waals surface area contributed by atoms with Crippen LogP contribution < -0.4 is 0 Å². The highest BCUT2D eigenvalue weighted by atomic mass is 19.1. The summed E-state index contributed by atoms with van der Waals surface area (Å²) < 4.78 is 35.0. The maximum absolute atomic E-state index is 15.1. The van der Waals surface area contributed by atoms with Crippen LogP contribution in [0.2, 0.25) is 0 Å². The van der Waals surface area contributed by atoms with Crippen molar-refractivity contribution in [3.63, 3.8) is 0 Å². The van der Waals surface area contributed by atoms with Crippen molar-refractivity contribution < 1.29 is 13.5 Å². The second-order valence-corrected chi connectivity index (χ2v) is 9.41. The van der Waals surface area contributed by atoms with Crippen LogP contribution in [0.3, 0.4) is 0 Å². The molecule has 1 nitrogen and oxygen atoms in total. The molecule has 0 heterocycles. The number of halogens is 2. The van der Waals surface area contributed by atoms with Gasteiger partial charge in [-0.05, 0) is 87.9 Å². The summed E-state index contributed by atoms with van der Waals surface area (Å²) >= 11 is 0. The van der Waals surface area contributed by atoms with Crippen molar-refractivity contribution in [3.8, 4) is 0 Å². The fraction of sp³-hybridized carbons (Fsp3) is 1.00. The third-order valence-electron chi connectivity index (χ3n) is 7.86. The molecule has 0 aromatic rings. The molecule has 0 N–H and O–H groups in total. The molecule has 0 bridgehead atoms. The fourth-order valence-corrected chi connectivity index (χ4v) is 6.39. The van der Waals surface area contributed by atoms with Gasteiger partial charge in [0.2, 0.25) is 0 Å². The molecule has 0 saturated heterocycles. The molecule has 3 heteroatoms. The Bertz CT molecular complexity index is 407. The number of hydrogen-bond acceptors (Lipinski definition) is 1. The maximum Gasteiger partial charge on any atom is 0.126 e. The third-order valence-corrected chi connectivity index (χ3v) is 7.86. The SMILES string of the molecule is CCCC1CCC(C2CCC(C3CCC(OCC)C(F)C3)C(F)C2)CC1. The molecular formula is C23H40F2O. The summed E-state index contributed by atoms with van der Waals surface area (Å²) in [7, 11) is 0. The minimum absolute atomic E-state index is 0.100. The van der Waals surface area contributed by atoms with E-state index in [1.54, 1.807) is 0 Å². The molecule has 0 aromatic heterocycles. The standard InChI is InChI=1S/C23H40F2O/c1-3-5-16-6-8-17(9-7-16)18-10-12-20(21(24)14-18)19-11-13-23(26-4-2)22(25)15-19/h16-23H,3-15H2,1-2H3. The molecule has 3 aliphatic rings. The Balaban J connectivity index is 1.45. The van der Waals surface area contributed by atoms with Crippen LogP contribution in [-0.4, -0.2) is 25.1 Å². The number of ether oxygens (including phenoxy) is 1. The van der Waals surface area contributed by atoms with Crippen molar-refractivity contribution in [2.75, 3.05) is 6.61 Å². The minimum atomic E-state index is -0.896. The van der Waals surface area contributed by atoms with Crippen molar-refractivity contribution in [3.05, 3.63) is 0 Å². The van der Waals surface area contributed by atoms with E-state index in [0.29, 0.717) is 18.9 Å². The van der Waals surface area contributed by atoms with E-state index >= 15 is 4.39 Å². The van der Waals surface area contributed by atoms with Crippen molar-refractivity contribution in [1.82, 2.24) is 0 Å². The number of alkyl halides is 2. The van der Waals surface area contributed by atoms with Gasteiger partial charge in [0.1, 0.15) is 12.3 Å². The van der Waals surface area contributed by atoms with Gasteiger partial charge in [0, 0.05) is 6.61 Å². The molecule has 0 spiro atoms. The zero-order chi connectivity index (χ0) is 18.5. The van der Waals surface area contributed by atoms with Crippen LogP contribution in [0.4, 0.5) is 8.78 Å². The lowest BCUT2D eigenvalue weighted by Gasteiger charge is -2.43. The highest BCUT2D eigenvalue weighted by Crippen LogP contribution is 2.47. The molecule has 6 atom stereocenters. The van der Waals surface area contributed by atoms with E-state index in [9.17, 15) is 4.39 Å². The van der Waals surface area contributed by atoms with Gasteiger partial charge in [-0.25, -0.2) is 8.78 Å². The molecule has 26 heavy (non-hydrogen) atoms. The largest absolute Gasteiger partial charge is 0.375 e. The molecule has 3 saturated carbocycles.